The fourth-order valence-corrected chi connectivity index (χ4v) is 4.23. The largest absolute Gasteiger partial charge is 0.418 e. The topological polar surface area (TPSA) is 41.1 Å². The zero-order chi connectivity index (χ0) is 19.8. The van der Waals surface area contributed by atoms with Crippen molar-refractivity contribution in [2.24, 2.45) is 0 Å². The van der Waals surface area contributed by atoms with E-state index in [9.17, 15) is 18.0 Å². The Morgan fingerprint density at radius 1 is 1.11 bits per heavy atom. The Kier molecular flexibility index (Phi) is 5.62. The van der Waals surface area contributed by atoms with Crippen molar-refractivity contribution >= 4 is 73.5 Å². The first-order chi connectivity index (χ1) is 12.7. The lowest BCUT2D eigenvalue weighted by atomic mass is 10.1. The fourth-order valence-electron chi connectivity index (χ4n) is 2.34. The van der Waals surface area contributed by atoms with Gasteiger partial charge in [-0.05, 0) is 36.5 Å². The molecule has 0 saturated heterocycles. The van der Waals surface area contributed by atoms with Gasteiger partial charge in [0.05, 0.1) is 16.3 Å². The molecule has 0 saturated carbocycles. The minimum absolute atomic E-state index is 0.183. The highest BCUT2D eigenvalue weighted by Crippen LogP contribution is 2.37. The fraction of sp³-hybridized carbons (Fsp3) is 0.0588. The number of halogens is 5. The van der Waals surface area contributed by atoms with E-state index in [4.69, 9.17) is 35.4 Å². The van der Waals surface area contributed by atoms with Crippen molar-refractivity contribution < 1.29 is 18.0 Å². The van der Waals surface area contributed by atoms with Crippen molar-refractivity contribution in [2.45, 2.75) is 6.18 Å². The van der Waals surface area contributed by atoms with Crippen LogP contribution < -0.4 is 10.6 Å². The SMILES string of the molecule is O=C(NC(=S)Nc1ccccc1C(F)(F)F)c1sc2cc(Cl)ccc2c1Cl. The third-order valence-corrected chi connectivity index (χ3v) is 5.60. The number of alkyl halides is 3. The number of fused-ring (bicyclic) bond motifs is 1. The number of thiophene rings is 1. The molecule has 2 N–H and O–H groups in total. The van der Waals surface area contributed by atoms with Crippen LogP contribution in [0.4, 0.5) is 18.9 Å². The van der Waals surface area contributed by atoms with Crippen molar-refractivity contribution in [3.05, 3.63) is 63.0 Å². The van der Waals surface area contributed by atoms with Crippen LogP contribution in [0.25, 0.3) is 10.1 Å². The molecule has 0 aliphatic carbocycles. The van der Waals surface area contributed by atoms with Gasteiger partial charge < -0.3 is 5.32 Å². The lowest BCUT2D eigenvalue weighted by Crippen LogP contribution is -2.34. The highest BCUT2D eigenvalue weighted by Gasteiger charge is 2.33. The highest BCUT2D eigenvalue weighted by molar-refractivity contribution is 7.80. The standard InChI is InChI=1S/C17H9Cl2F3N2OS2/c18-8-5-6-9-12(7-8)27-14(13(9)19)15(25)24-16(26)23-11-4-2-1-3-10(11)17(20,21)22/h1-7H,(H2,23,24,25,26). The zero-order valence-electron chi connectivity index (χ0n) is 13.2. The van der Waals surface area contributed by atoms with Crippen LogP contribution in [0.3, 0.4) is 0 Å². The van der Waals surface area contributed by atoms with Crippen molar-refractivity contribution in [1.82, 2.24) is 5.32 Å². The van der Waals surface area contributed by atoms with E-state index in [0.29, 0.717) is 15.1 Å². The number of amides is 1. The molecule has 2 aromatic carbocycles. The van der Waals surface area contributed by atoms with Crippen LogP contribution >= 0.6 is 46.8 Å². The second kappa shape index (κ2) is 7.63. The van der Waals surface area contributed by atoms with Gasteiger partial charge in [-0.2, -0.15) is 13.2 Å². The molecule has 0 bridgehead atoms. The van der Waals surface area contributed by atoms with Crippen LogP contribution in [0.15, 0.2) is 42.5 Å². The molecular weight excluding hydrogens is 440 g/mol. The number of carbonyl (C=O) groups is 1. The van der Waals surface area contributed by atoms with Crippen molar-refractivity contribution in [3.8, 4) is 0 Å². The number of rotatable bonds is 2. The van der Waals surface area contributed by atoms with Crippen LogP contribution in [0.1, 0.15) is 15.2 Å². The summed E-state index contributed by atoms with van der Waals surface area (Å²) in [5.74, 6) is -0.626. The Hall–Kier alpha value is -1.87. The Morgan fingerprint density at radius 3 is 2.52 bits per heavy atom. The molecule has 0 aliphatic rings. The van der Waals surface area contributed by atoms with E-state index < -0.39 is 17.6 Å². The van der Waals surface area contributed by atoms with E-state index in [0.717, 1.165) is 17.4 Å². The zero-order valence-corrected chi connectivity index (χ0v) is 16.3. The van der Waals surface area contributed by atoms with Crippen LogP contribution in [-0.4, -0.2) is 11.0 Å². The highest BCUT2D eigenvalue weighted by atomic mass is 35.5. The summed E-state index contributed by atoms with van der Waals surface area (Å²) < 4.78 is 39.8. The van der Waals surface area contributed by atoms with E-state index in [1.807, 2.05) is 0 Å². The molecule has 0 spiro atoms. The molecule has 0 atom stereocenters. The Balaban J connectivity index is 1.80. The van der Waals surface area contributed by atoms with Crippen molar-refractivity contribution in [1.29, 1.82) is 0 Å². The molecule has 3 nitrogen and oxygen atoms in total. The predicted molar refractivity (Wildman–Crippen MR) is 107 cm³/mol. The quantitative estimate of drug-likeness (QED) is 0.448. The third-order valence-electron chi connectivity index (χ3n) is 3.51. The first kappa shape index (κ1) is 19.9. The van der Waals surface area contributed by atoms with Gasteiger partial charge in [-0.1, -0.05) is 41.4 Å². The first-order valence-corrected chi connectivity index (χ1v) is 9.31. The van der Waals surface area contributed by atoms with E-state index in [-0.39, 0.29) is 20.7 Å². The number of para-hydroxylation sites is 1. The van der Waals surface area contributed by atoms with Gasteiger partial charge in [-0.15, -0.1) is 11.3 Å². The molecule has 0 unspecified atom stereocenters. The second-order valence-electron chi connectivity index (χ2n) is 5.34. The van der Waals surface area contributed by atoms with Gasteiger partial charge in [0.1, 0.15) is 4.88 Å². The minimum Gasteiger partial charge on any atom is -0.332 e. The molecule has 0 aliphatic heterocycles. The van der Waals surface area contributed by atoms with Gasteiger partial charge >= 0.3 is 6.18 Å². The number of anilines is 1. The number of hydrogen-bond acceptors (Lipinski definition) is 3. The monoisotopic (exact) mass is 448 g/mol. The summed E-state index contributed by atoms with van der Waals surface area (Å²) in [6.45, 7) is 0. The molecule has 0 radical (unpaired) electrons. The van der Waals surface area contributed by atoms with E-state index in [1.165, 1.54) is 18.2 Å². The molecule has 3 rings (SSSR count). The number of thiocarbonyl (C=S) groups is 1. The van der Waals surface area contributed by atoms with Gasteiger partial charge in [0.25, 0.3) is 5.91 Å². The molecule has 1 amide bonds. The molecule has 3 aromatic rings. The lowest BCUT2D eigenvalue weighted by molar-refractivity contribution is -0.136. The van der Waals surface area contributed by atoms with Crippen LogP contribution in [-0.2, 0) is 6.18 Å². The predicted octanol–water partition coefficient (Wildman–Crippen LogP) is 6.35. The number of nitrogens with one attached hydrogen (secondary N) is 2. The molecule has 1 aromatic heterocycles. The van der Waals surface area contributed by atoms with Gasteiger partial charge in [-0.3, -0.25) is 10.1 Å². The molecule has 10 heteroatoms. The first-order valence-electron chi connectivity index (χ1n) is 7.33. The molecular formula is C17H9Cl2F3N2OS2. The Bertz CT molecular complexity index is 1050. The van der Waals surface area contributed by atoms with Gasteiger partial charge in [0.15, 0.2) is 5.11 Å². The number of benzene rings is 2. The summed E-state index contributed by atoms with van der Waals surface area (Å²) in [5, 5.41) is 5.84. The smallest absolute Gasteiger partial charge is 0.332 e. The van der Waals surface area contributed by atoms with Crippen LogP contribution in [0.5, 0.6) is 0 Å². The average Bonchev–Trinajstić information content (AvgIpc) is 2.90. The molecule has 1 heterocycles. The van der Waals surface area contributed by atoms with Gasteiger partial charge in [0, 0.05) is 15.1 Å². The van der Waals surface area contributed by atoms with Crippen molar-refractivity contribution in [2.75, 3.05) is 5.32 Å². The normalized spacial score (nSPS) is 11.4. The van der Waals surface area contributed by atoms with Crippen LogP contribution in [0.2, 0.25) is 10.0 Å². The summed E-state index contributed by atoms with van der Waals surface area (Å²) in [6.07, 6.45) is -4.56. The summed E-state index contributed by atoms with van der Waals surface area (Å²) >= 11 is 18.2. The van der Waals surface area contributed by atoms with E-state index in [2.05, 4.69) is 10.6 Å². The summed E-state index contributed by atoms with van der Waals surface area (Å²) in [5.41, 5.74) is -1.15. The van der Waals surface area contributed by atoms with E-state index >= 15 is 0 Å². The summed E-state index contributed by atoms with van der Waals surface area (Å²) in [7, 11) is 0. The Labute approximate surface area is 171 Å². The molecule has 27 heavy (non-hydrogen) atoms. The minimum atomic E-state index is -4.56. The maximum Gasteiger partial charge on any atom is 0.418 e. The van der Waals surface area contributed by atoms with E-state index in [1.54, 1.807) is 18.2 Å². The van der Waals surface area contributed by atoms with Crippen molar-refractivity contribution in [3.63, 3.8) is 0 Å². The molecule has 0 fully saturated rings. The van der Waals surface area contributed by atoms with Gasteiger partial charge in [-0.25, -0.2) is 0 Å². The maximum absolute atomic E-state index is 13.0. The average molecular weight is 449 g/mol. The summed E-state index contributed by atoms with van der Waals surface area (Å²) in [4.78, 5) is 12.6. The molecule has 140 valence electrons. The Morgan fingerprint density at radius 2 is 1.81 bits per heavy atom. The van der Waals surface area contributed by atoms with Crippen LogP contribution in [0, 0.1) is 0 Å². The lowest BCUT2D eigenvalue weighted by Gasteiger charge is -2.15. The number of carbonyl (C=O) groups excluding carboxylic acids is 1. The second-order valence-corrected chi connectivity index (χ2v) is 7.61. The summed E-state index contributed by atoms with van der Waals surface area (Å²) in [6, 6.07) is 9.82. The van der Waals surface area contributed by atoms with Gasteiger partial charge in [0.2, 0.25) is 0 Å². The number of hydrogen-bond donors (Lipinski definition) is 2. The third kappa shape index (κ3) is 4.35. The maximum atomic E-state index is 13.0.